The SMILES string of the molecule is CC(C)Oc1ccc(-c2ccc(C3CCC(c4c(F)cccc4F)=N3)cc2)cn1. The van der Waals surface area contributed by atoms with E-state index in [1.807, 2.05) is 50.2 Å². The summed E-state index contributed by atoms with van der Waals surface area (Å²) in [4.78, 5) is 8.94. The van der Waals surface area contributed by atoms with E-state index in [0.717, 1.165) is 23.1 Å². The molecule has 0 bridgehead atoms. The lowest BCUT2D eigenvalue weighted by Gasteiger charge is -2.10. The zero-order valence-corrected chi connectivity index (χ0v) is 16.4. The van der Waals surface area contributed by atoms with Crippen molar-refractivity contribution in [3.8, 4) is 17.0 Å². The Bertz CT molecular complexity index is 1010. The normalized spacial score (nSPS) is 16.2. The van der Waals surface area contributed by atoms with Crippen molar-refractivity contribution >= 4 is 5.71 Å². The maximum Gasteiger partial charge on any atom is 0.213 e. The summed E-state index contributed by atoms with van der Waals surface area (Å²) >= 11 is 0. The van der Waals surface area contributed by atoms with Gasteiger partial charge in [0.1, 0.15) is 11.6 Å². The van der Waals surface area contributed by atoms with E-state index >= 15 is 0 Å². The minimum Gasteiger partial charge on any atom is -0.475 e. The molecule has 0 saturated carbocycles. The third kappa shape index (κ3) is 4.19. The Labute approximate surface area is 169 Å². The summed E-state index contributed by atoms with van der Waals surface area (Å²) in [7, 11) is 0. The van der Waals surface area contributed by atoms with Crippen LogP contribution in [0.25, 0.3) is 11.1 Å². The Morgan fingerprint density at radius 1 is 0.931 bits per heavy atom. The summed E-state index contributed by atoms with van der Waals surface area (Å²) in [5, 5.41) is 0. The maximum atomic E-state index is 14.0. The highest BCUT2D eigenvalue weighted by molar-refractivity contribution is 6.02. The van der Waals surface area contributed by atoms with E-state index in [0.29, 0.717) is 18.0 Å². The molecule has 0 spiro atoms. The highest BCUT2D eigenvalue weighted by atomic mass is 19.1. The highest BCUT2D eigenvalue weighted by Crippen LogP contribution is 2.33. The number of pyridine rings is 1. The molecular formula is C24H22F2N2O. The molecule has 1 aromatic heterocycles. The van der Waals surface area contributed by atoms with E-state index in [2.05, 4.69) is 9.98 Å². The molecule has 4 rings (SSSR count). The molecule has 0 fully saturated rings. The minimum absolute atomic E-state index is 0.00130. The van der Waals surface area contributed by atoms with Gasteiger partial charge in [0.25, 0.3) is 0 Å². The van der Waals surface area contributed by atoms with Gasteiger partial charge in [-0.2, -0.15) is 0 Å². The lowest BCUT2D eigenvalue weighted by atomic mass is 10.00. The molecule has 0 saturated heterocycles. The van der Waals surface area contributed by atoms with Crippen molar-refractivity contribution in [1.82, 2.24) is 4.98 Å². The van der Waals surface area contributed by atoms with E-state index < -0.39 is 11.6 Å². The number of aromatic nitrogens is 1. The first-order valence-electron chi connectivity index (χ1n) is 9.75. The van der Waals surface area contributed by atoms with Crippen LogP contribution in [0, 0.1) is 11.6 Å². The van der Waals surface area contributed by atoms with Gasteiger partial charge >= 0.3 is 0 Å². The standard InChI is InChI=1S/C24H22F2N2O/c1-15(2)29-23-13-10-18(14-27-23)16-6-8-17(9-7-16)21-11-12-22(28-21)24-19(25)4-3-5-20(24)26/h3-10,13-15,21H,11-12H2,1-2H3. The van der Waals surface area contributed by atoms with Crippen molar-refractivity contribution in [2.75, 3.05) is 0 Å². The Hall–Kier alpha value is -3.08. The lowest BCUT2D eigenvalue weighted by molar-refractivity contribution is 0.232. The first-order chi connectivity index (χ1) is 14.0. The van der Waals surface area contributed by atoms with Gasteiger partial charge < -0.3 is 4.74 Å². The minimum atomic E-state index is -0.558. The number of rotatable bonds is 5. The molecule has 1 unspecified atom stereocenters. The predicted molar refractivity (Wildman–Crippen MR) is 110 cm³/mol. The fourth-order valence-corrected chi connectivity index (χ4v) is 3.55. The lowest BCUT2D eigenvalue weighted by Crippen LogP contribution is -2.06. The Morgan fingerprint density at radius 3 is 2.24 bits per heavy atom. The summed E-state index contributed by atoms with van der Waals surface area (Å²) in [6, 6.07) is 15.7. The van der Waals surface area contributed by atoms with Crippen molar-refractivity contribution in [2.45, 2.75) is 38.8 Å². The van der Waals surface area contributed by atoms with E-state index in [4.69, 9.17) is 4.74 Å². The van der Waals surface area contributed by atoms with Gasteiger partial charge in [-0.05, 0) is 56.0 Å². The first kappa shape index (κ1) is 19.2. The number of nitrogens with zero attached hydrogens (tertiary/aromatic N) is 2. The number of hydrogen-bond donors (Lipinski definition) is 0. The monoisotopic (exact) mass is 392 g/mol. The molecular weight excluding hydrogens is 370 g/mol. The van der Waals surface area contributed by atoms with Crippen LogP contribution in [0.3, 0.4) is 0 Å². The number of benzene rings is 2. The Morgan fingerprint density at radius 2 is 1.62 bits per heavy atom. The fraction of sp³-hybridized carbons (Fsp3) is 0.250. The molecule has 3 nitrogen and oxygen atoms in total. The van der Waals surface area contributed by atoms with Crippen LogP contribution in [0.4, 0.5) is 8.78 Å². The molecule has 29 heavy (non-hydrogen) atoms. The van der Waals surface area contributed by atoms with Crippen LogP contribution in [0.2, 0.25) is 0 Å². The molecule has 1 aliphatic rings. The molecule has 0 amide bonds. The molecule has 0 aliphatic carbocycles. The van der Waals surface area contributed by atoms with Gasteiger partial charge in [0.2, 0.25) is 5.88 Å². The largest absolute Gasteiger partial charge is 0.475 e. The predicted octanol–water partition coefficient (Wildman–Crippen LogP) is 6.14. The van der Waals surface area contributed by atoms with Crippen LogP contribution < -0.4 is 4.74 Å². The van der Waals surface area contributed by atoms with E-state index in [1.54, 1.807) is 6.20 Å². The number of ether oxygens (including phenoxy) is 1. The van der Waals surface area contributed by atoms with E-state index in [1.165, 1.54) is 18.2 Å². The van der Waals surface area contributed by atoms with Crippen LogP contribution in [0.1, 0.15) is 43.9 Å². The third-order valence-electron chi connectivity index (χ3n) is 4.94. The van der Waals surface area contributed by atoms with Crippen molar-refractivity contribution in [1.29, 1.82) is 0 Å². The molecule has 0 radical (unpaired) electrons. The maximum absolute atomic E-state index is 14.0. The van der Waals surface area contributed by atoms with Crippen molar-refractivity contribution in [2.24, 2.45) is 4.99 Å². The molecule has 0 N–H and O–H groups in total. The molecule has 5 heteroatoms. The second-order valence-electron chi connectivity index (χ2n) is 7.40. The van der Waals surface area contributed by atoms with Crippen molar-refractivity contribution in [3.05, 3.63) is 83.6 Å². The second kappa shape index (κ2) is 8.11. The zero-order chi connectivity index (χ0) is 20.4. The summed E-state index contributed by atoms with van der Waals surface area (Å²) < 4.78 is 33.6. The summed E-state index contributed by atoms with van der Waals surface area (Å²) in [5.74, 6) is -0.511. The molecule has 2 heterocycles. The van der Waals surface area contributed by atoms with Crippen LogP contribution >= 0.6 is 0 Å². The van der Waals surface area contributed by atoms with Gasteiger partial charge in [-0.15, -0.1) is 0 Å². The van der Waals surface area contributed by atoms with Crippen molar-refractivity contribution in [3.63, 3.8) is 0 Å². The van der Waals surface area contributed by atoms with E-state index in [-0.39, 0.29) is 17.7 Å². The smallest absolute Gasteiger partial charge is 0.213 e. The summed E-state index contributed by atoms with van der Waals surface area (Å²) in [6.45, 7) is 3.93. The zero-order valence-electron chi connectivity index (χ0n) is 16.4. The molecule has 1 aliphatic heterocycles. The van der Waals surface area contributed by atoms with Crippen LogP contribution in [0.15, 0.2) is 65.8 Å². The van der Waals surface area contributed by atoms with Crippen LogP contribution in [-0.4, -0.2) is 16.8 Å². The Balaban J connectivity index is 1.52. The van der Waals surface area contributed by atoms with Crippen LogP contribution in [0.5, 0.6) is 5.88 Å². The average molecular weight is 392 g/mol. The number of halogens is 2. The second-order valence-corrected chi connectivity index (χ2v) is 7.40. The molecule has 2 aromatic carbocycles. The van der Waals surface area contributed by atoms with Gasteiger partial charge in [0, 0.05) is 23.5 Å². The molecule has 1 atom stereocenters. The third-order valence-corrected chi connectivity index (χ3v) is 4.94. The molecule has 3 aromatic rings. The van der Waals surface area contributed by atoms with Gasteiger partial charge in [-0.1, -0.05) is 30.3 Å². The first-order valence-corrected chi connectivity index (χ1v) is 9.75. The van der Waals surface area contributed by atoms with Gasteiger partial charge in [0.05, 0.1) is 17.7 Å². The fourth-order valence-electron chi connectivity index (χ4n) is 3.55. The van der Waals surface area contributed by atoms with Crippen molar-refractivity contribution < 1.29 is 13.5 Å². The number of aliphatic imine (C=N–C) groups is 1. The Kier molecular flexibility index (Phi) is 5.38. The van der Waals surface area contributed by atoms with Gasteiger partial charge in [-0.3, -0.25) is 4.99 Å². The van der Waals surface area contributed by atoms with E-state index in [9.17, 15) is 8.78 Å². The topological polar surface area (TPSA) is 34.5 Å². The van der Waals surface area contributed by atoms with Gasteiger partial charge in [0.15, 0.2) is 0 Å². The summed E-state index contributed by atoms with van der Waals surface area (Å²) in [6.07, 6.45) is 3.18. The van der Waals surface area contributed by atoms with Gasteiger partial charge in [-0.25, -0.2) is 13.8 Å². The number of hydrogen-bond acceptors (Lipinski definition) is 3. The average Bonchev–Trinajstić information content (AvgIpc) is 3.18. The highest BCUT2D eigenvalue weighted by Gasteiger charge is 2.24. The quantitative estimate of drug-likeness (QED) is 0.523. The van der Waals surface area contributed by atoms with Crippen LogP contribution in [-0.2, 0) is 0 Å². The molecule has 148 valence electrons. The summed E-state index contributed by atoms with van der Waals surface area (Å²) in [5.41, 5.74) is 3.57.